The quantitative estimate of drug-likeness (QED) is 0.440. The number of aliphatic carboxylic acids is 1. The molecule has 1 amide bonds. The molecule has 1 aliphatic rings. The third-order valence-electron chi connectivity index (χ3n) is 5.85. The number of rotatable bonds is 13. The summed E-state index contributed by atoms with van der Waals surface area (Å²) in [5.74, 6) is -0.917. The molecule has 156 valence electrons. The van der Waals surface area contributed by atoms with Crippen molar-refractivity contribution in [1.82, 2.24) is 4.90 Å². The van der Waals surface area contributed by atoms with E-state index in [0.29, 0.717) is 19.4 Å². The van der Waals surface area contributed by atoms with Crippen molar-refractivity contribution >= 4 is 11.9 Å². The average molecular weight is 388 g/mol. The van der Waals surface area contributed by atoms with Crippen LogP contribution in [0.5, 0.6) is 0 Å². The van der Waals surface area contributed by atoms with Crippen LogP contribution >= 0.6 is 0 Å². The van der Waals surface area contributed by atoms with Gasteiger partial charge in [0.25, 0.3) is 0 Å². The summed E-state index contributed by atoms with van der Waals surface area (Å²) in [6.07, 6.45) is 14.6. The van der Waals surface area contributed by atoms with Gasteiger partial charge in [0, 0.05) is 19.4 Å². The normalized spacial score (nSPS) is 16.0. The summed E-state index contributed by atoms with van der Waals surface area (Å²) in [6.45, 7) is 2.67. The second-order valence-electron chi connectivity index (χ2n) is 8.13. The van der Waals surface area contributed by atoms with Crippen molar-refractivity contribution in [3.05, 3.63) is 35.4 Å². The van der Waals surface area contributed by atoms with E-state index >= 15 is 0 Å². The molecule has 4 heteroatoms. The zero-order chi connectivity index (χ0) is 20.2. The minimum absolute atomic E-state index is 0.0159. The van der Waals surface area contributed by atoms with Crippen LogP contribution in [0.25, 0.3) is 0 Å². The summed E-state index contributed by atoms with van der Waals surface area (Å²) in [5, 5.41) is 9.55. The van der Waals surface area contributed by atoms with Gasteiger partial charge in [-0.15, -0.1) is 0 Å². The third kappa shape index (κ3) is 7.29. The van der Waals surface area contributed by atoms with Gasteiger partial charge in [0.05, 0.1) is 0 Å². The fourth-order valence-corrected chi connectivity index (χ4v) is 4.09. The van der Waals surface area contributed by atoms with Gasteiger partial charge >= 0.3 is 5.97 Å². The van der Waals surface area contributed by atoms with E-state index in [9.17, 15) is 14.7 Å². The smallest absolute Gasteiger partial charge is 0.326 e. The highest BCUT2D eigenvalue weighted by Gasteiger charge is 2.33. The number of nitrogens with zero attached hydrogens (tertiary/aromatic N) is 1. The lowest BCUT2D eigenvalue weighted by atomic mass is 9.93. The van der Waals surface area contributed by atoms with Gasteiger partial charge in [-0.3, -0.25) is 4.79 Å². The van der Waals surface area contributed by atoms with E-state index in [1.165, 1.54) is 57.8 Å². The number of hydrogen-bond acceptors (Lipinski definition) is 2. The lowest BCUT2D eigenvalue weighted by Crippen LogP contribution is -2.48. The first-order chi connectivity index (χ1) is 13.6. The molecule has 0 spiro atoms. The maximum atomic E-state index is 12.6. The maximum Gasteiger partial charge on any atom is 0.326 e. The summed E-state index contributed by atoms with van der Waals surface area (Å²) in [6, 6.07) is 7.12. The lowest BCUT2D eigenvalue weighted by Gasteiger charge is -2.34. The number of carboxylic acid groups (broad SMARTS) is 1. The van der Waals surface area contributed by atoms with Crippen molar-refractivity contribution in [1.29, 1.82) is 0 Å². The first-order valence-corrected chi connectivity index (χ1v) is 11.2. The van der Waals surface area contributed by atoms with E-state index in [-0.39, 0.29) is 5.91 Å². The summed E-state index contributed by atoms with van der Waals surface area (Å²) in [5.41, 5.74) is 2.13. The van der Waals surface area contributed by atoms with E-state index in [2.05, 4.69) is 6.92 Å². The van der Waals surface area contributed by atoms with Crippen molar-refractivity contribution in [3.63, 3.8) is 0 Å². The Morgan fingerprint density at radius 3 is 2.00 bits per heavy atom. The van der Waals surface area contributed by atoms with Gasteiger partial charge < -0.3 is 10.0 Å². The molecule has 0 radical (unpaired) electrons. The first-order valence-electron chi connectivity index (χ1n) is 11.2. The number of fused-ring (bicyclic) bond motifs is 1. The molecule has 28 heavy (non-hydrogen) atoms. The van der Waals surface area contributed by atoms with Gasteiger partial charge in [-0.25, -0.2) is 4.79 Å². The lowest BCUT2D eigenvalue weighted by molar-refractivity contribution is -0.151. The van der Waals surface area contributed by atoms with E-state index < -0.39 is 12.0 Å². The van der Waals surface area contributed by atoms with Gasteiger partial charge in [-0.05, 0) is 17.5 Å². The van der Waals surface area contributed by atoms with Crippen LogP contribution in [0.4, 0.5) is 0 Å². The Morgan fingerprint density at radius 2 is 1.43 bits per heavy atom. The Hall–Kier alpha value is -1.84. The van der Waals surface area contributed by atoms with Crippen LogP contribution in [-0.2, 0) is 22.6 Å². The van der Waals surface area contributed by atoms with Gasteiger partial charge in [-0.1, -0.05) is 95.4 Å². The fourth-order valence-electron chi connectivity index (χ4n) is 4.09. The van der Waals surface area contributed by atoms with Gasteiger partial charge in [0.1, 0.15) is 6.04 Å². The Kier molecular flexibility index (Phi) is 10.1. The molecule has 1 atom stereocenters. The molecule has 0 aromatic heterocycles. The maximum absolute atomic E-state index is 12.6. The van der Waals surface area contributed by atoms with Crippen molar-refractivity contribution in [2.45, 2.75) is 103 Å². The van der Waals surface area contributed by atoms with E-state index in [0.717, 1.165) is 24.0 Å². The van der Waals surface area contributed by atoms with Crippen molar-refractivity contribution in [2.24, 2.45) is 0 Å². The number of carbonyl (C=O) groups is 2. The largest absolute Gasteiger partial charge is 0.480 e. The minimum atomic E-state index is -0.901. The van der Waals surface area contributed by atoms with Crippen LogP contribution in [-0.4, -0.2) is 27.9 Å². The number of carbonyl (C=O) groups excluding carboxylic acids is 1. The van der Waals surface area contributed by atoms with Crippen LogP contribution in [0.1, 0.15) is 95.1 Å². The molecule has 1 heterocycles. The molecular formula is C24H37NO3. The molecule has 1 aliphatic heterocycles. The average Bonchev–Trinajstić information content (AvgIpc) is 2.70. The van der Waals surface area contributed by atoms with Crippen LogP contribution in [0, 0.1) is 0 Å². The van der Waals surface area contributed by atoms with Gasteiger partial charge in [0.15, 0.2) is 0 Å². The van der Waals surface area contributed by atoms with Crippen LogP contribution in [0.3, 0.4) is 0 Å². The number of amides is 1. The van der Waals surface area contributed by atoms with Gasteiger partial charge in [0.2, 0.25) is 5.91 Å². The molecule has 1 unspecified atom stereocenters. The van der Waals surface area contributed by atoms with E-state index in [1.54, 1.807) is 4.90 Å². The number of unbranched alkanes of at least 4 members (excludes halogenated alkanes) is 10. The van der Waals surface area contributed by atoms with Gasteiger partial charge in [-0.2, -0.15) is 0 Å². The number of carboxylic acids is 1. The zero-order valence-electron chi connectivity index (χ0n) is 17.5. The second-order valence-corrected chi connectivity index (χ2v) is 8.13. The third-order valence-corrected chi connectivity index (χ3v) is 5.85. The highest BCUT2D eigenvalue weighted by atomic mass is 16.4. The predicted octanol–water partition coefficient (Wildman–Crippen LogP) is 5.73. The molecule has 0 aliphatic carbocycles. The van der Waals surface area contributed by atoms with E-state index in [4.69, 9.17) is 0 Å². The Bertz CT molecular complexity index is 614. The molecule has 2 rings (SSSR count). The first kappa shape index (κ1) is 22.4. The highest BCUT2D eigenvalue weighted by molar-refractivity contribution is 5.84. The summed E-state index contributed by atoms with van der Waals surface area (Å²) in [4.78, 5) is 25.9. The minimum Gasteiger partial charge on any atom is -0.480 e. The Morgan fingerprint density at radius 1 is 0.893 bits per heavy atom. The van der Waals surface area contributed by atoms with Crippen LogP contribution < -0.4 is 0 Å². The SMILES string of the molecule is CCCCCCCCCCCCCC(=O)N1Cc2ccccc2CC1C(=O)O. The summed E-state index contributed by atoms with van der Waals surface area (Å²) >= 11 is 0. The highest BCUT2D eigenvalue weighted by Crippen LogP contribution is 2.24. The Labute approximate surface area is 170 Å². The van der Waals surface area contributed by atoms with Crippen molar-refractivity contribution in [3.8, 4) is 0 Å². The number of hydrogen-bond donors (Lipinski definition) is 1. The number of benzene rings is 1. The molecule has 1 N–H and O–H groups in total. The monoisotopic (exact) mass is 387 g/mol. The second kappa shape index (κ2) is 12.6. The van der Waals surface area contributed by atoms with Crippen molar-refractivity contribution in [2.75, 3.05) is 0 Å². The van der Waals surface area contributed by atoms with E-state index in [1.807, 2.05) is 24.3 Å². The Balaban J connectivity index is 1.63. The molecule has 1 aromatic rings. The molecule has 4 nitrogen and oxygen atoms in total. The molecule has 1 aromatic carbocycles. The molecule has 0 saturated carbocycles. The fraction of sp³-hybridized carbons (Fsp3) is 0.667. The summed E-state index contributed by atoms with van der Waals surface area (Å²) in [7, 11) is 0. The van der Waals surface area contributed by atoms with Crippen LogP contribution in [0.2, 0.25) is 0 Å². The molecular weight excluding hydrogens is 350 g/mol. The van der Waals surface area contributed by atoms with Crippen molar-refractivity contribution < 1.29 is 14.7 Å². The zero-order valence-corrected chi connectivity index (χ0v) is 17.5. The molecule has 0 fully saturated rings. The van der Waals surface area contributed by atoms with Crippen LogP contribution in [0.15, 0.2) is 24.3 Å². The topological polar surface area (TPSA) is 57.6 Å². The molecule has 0 bridgehead atoms. The predicted molar refractivity (Wildman–Crippen MR) is 113 cm³/mol. The standard InChI is InChI=1S/C24H37NO3/c1-2-3-4-5-6-7-8-9-10-11-12-17-23(26)25-19-21-16-14-13-15-20(21)18-22(25)24(27)28/h13-16,22H,2-12,17-19H2,1H3,(H,27,28). The molecule has 0 saturated heterocycles. The summed E-state index contributed by atoms with van der Waals surface area (Å²) < 4.78 is 0.